The van der Waals surface area contributed by atoms with Crippen molar-refractivity contribution in [1.29, 1.82) is 0 Å². The standard InChI is InChI=1S/C21H20N2O4S/c1-2-23(18-7-4-3-5-8-18)28(25,26)20-13-10-17(11-14-20)22-21(24)15-12-19-9-6-16-27-19/h3-16H,2H2,1H3,(H,22,24)/b15-12+. The zero-order chi connectivity index (χ0) is 20.0. The van der Waals surface area contributed by atoms with Crippen molar-refractivity contribution in [1.82, 2.24) is 0 Å². The molecule has 3 aromatic rings. The summed E-state index contributed by atoms with van der Waals surface area (Å²) in [5.41, 5.74) is 1.10. The summed E-state index contributed by atoms with van der Waals surface area (Å²) in [6, 6.07) is 18.5. The van der Waals surface area contributed by atoms with Crippen LogP contribution in [0.15, 0.2) is 88.4 Å². The number of anilines is 2. The molecule has 0 aliphatic rings. The van der Waals surface area contributed by atoms with Crippen molar-refractivity contribution in [2.75, 3.05) is 16.2 Å². The Morgan fingerprint density at radius 1 is 1.04 bits per heavy atom. The van der Waals surface area contributed by atoms with E-state index in [0.29, 0.717) is 23.7 Å². The molecule has 0 aliphatic carbocycles. The second kappa shape index (κ2) is 8.58. The van der Waals surface area contributed by atoms with Gasteiger partial charge in [-0.15, -0.1) is 0 Å². The minimum Gasteiger partial charge on any atom is -0.465 e. The molecule has 0 aliphatic heterocycles. The van der Waals surface area contributed by atoms with Gasteiger partial charge in [0.15, 0.2) is 0 Å². The summed E-state index contributed by atoms with van der Waals surface area (Å²) in [5, 5.41) is 2.68. The average molecular weight is 396 g/mol. The molecule has 2 aromatic carbocycles. The van der Waals surface area contributed by atoms with Gasteiger partial charge in [-0.1, -0.05) is 18.2 Å². The van der Waals surface area contributed by atoms with Crippen LogP contribution >= 0.6 is 0 Å². The molecule has 1 aromatic heterocycles. The fourth-order valence-electron chi connectivity index (χ4n) is 2.65. The third-order valence-corrected chi connectivity index (χ3v) is 5.90. The van der Waals surface area contributed by atoms with Crippen LogP contribution in [0.1, 0.15) is 12.7 Å². The highest BCUT2D eigenvalue weighted by atomic mass is 32.2. The number of amides is 1. The van der Waals surface area contributed by atoms with E-state index < -0.39 is 10.0 Å². The Labute approximate surface area is 164 Å². The van der Waals surface area contributed by atoms with Gasteiger partial charge in [-0.05, 0) is 61.5 Å². The summed E-state index contributed by atoms with van der Waals surface area (Å²) < 4.78 is 32.4. The molecule has 7 heteroatoms. The van der Waals surface area contributed by atoms with E-state index in [9.17, 15) is 13.2 Å². The Bertz CT molecular complexity index is 1040. The summed E-state index contributed by atoms with van der Waals surface area (Å²) in [6.45, 7) is 2.09. The maximum atomic E-state index is 12.9. The zero-order valence-corrected chi connectivity index (χ0v) is 16.1. The number of nitrogens with zero attached hydrogens (tertiary/aromatic N) is 1. The first-order chi connectivity index (χ1) is 13.5. The van der Waals surface area contributed by atoms with Crippen molar-refractivity contribution in [3.05, 3.63) is 84.8 Å². The maximum absolute atomic E-state index is 12.9. The average Bonchev–Trinajstić information content (AvgIpc) is 3.22. The molecule has 0 bridgehead atoms. The van der Waals surface area contributed by atoms with Crippen LogP contribution in [0.5, 0.6) is 0 Å². The highest BCUT2D eigenvalue weighted by molar-refractivity contribution is 7.92. The Morgan fingerprint density at radius 3 is 2.36 bits per heavy atom. The van der Waals surface area contributed by atoms with Gasteiger partial charge in [-0.2, -0.15) is 0 Å². The number of furan rings is 1. The number of rotatable bonds is 7. The highest BCUT2D eigenvalue weighted by Crippen LogP contribution is 2.24. The molecule has 0 spiro atoms. The van der Waals surface area contributed by atoms with Gasteiger partial charge in [0.2, 0.25) is 5.91 Å². The van der Waals surface area contributed by atoms with Gasteiger partial charge in [-0.3, -0.25) is 9.10 Å². The normalized spacial score (nSPS) is 11.5. The molecular formula is C21H20N2O4S. The lowest BCUT2D eigenvalue weighted by molar-refractivity contribution is -0.111. The second-order valence-corrected chi connectivity index (χ2v) is 7.73. The Morgan fingerprint density at radius 2 is 1.75 bits per heavy atom. The number of nitrogens with one attached hydrogen (secondary N) is 1. The fourth-order valence-corrected chi connectivity index (χ4v) is 4.12. The highest BCUT2D eigenvalue weighted by Gasteiger charge is 2.23. The SMILES string of the molecule is CCN(c1ccccc1)S(=O)(=O)c1ccc(NC(=O)/C=C/c2ccco2)cc1. The van der Waals surface area contributed by atoms with Crippen molar-refractivity contribution in [3.63, 3.8) is 0 Å². The lowest BCUT2D eigenvalue weighted by Crippen LogP contribution is -2.30. The Hall–Kier alpha value is -3.32. The van der Waals surface area contributed by atoms with Crippen molar-refractivity contribution in [3.8, 4) is 0 Å². The van der Waals surface area contributed by atoms with Crippen molar-refractivity contribution >= 4 is 33.4 Å². The molecule has 1 N–H and O–H groups in total. The number of carbonyl (C=O) groups excluding carboxylic acids is 1. The lowest BCUT2D eigenvalue weighted by Gasteiger charge is -2.23. The molecule has 1 heterocycles. The van der Waals surface area contributed by atoms with Gasteiger partial charge in [0, 0.05) is 18.3 Å². The smallest absolute Gasteiger partial charge is 0.264 e. The largest absolute Gasteiger partial charge is 0.465 e. The first kappa shape index (κ1) is 19.4. The van der Waals surface area contributed by atoms with Gasteiger partial charge in [-0.25, -0.2) is 8.42 Å². The number of sulfonamides is 1. The molecule has 0 unspecified atom stereocenters. The van der Waals surface area contributed by atoms with Crippen LogP contribution in [0, 0.1) is 0 Å². The van der Waals surface area contributed by atoms with Gasteiger partial charge < -0.3 is 9.73 Å². The van der Waals surface area contributed by atoms with Gasteiger partial charge in [0.25, 0.3) is 10.0 Å². The number of hydrogen-bond donors (Lipinski definition) is 1. The van der Waals surface area contributed by atoms with E-state index in [0.717, 1.165) is 0 Å². The van der Waals surface area contributed by atoms with Crippen LogP contribution in [0.4, 0.5) is 11.4 Å². The van der Waals surface area contributed by atoms with Gasteiger partial charge in [0.05, 0.1) is 16.8 Å². The molecule has 3 rings (SSSR count). The van der Waals surface area contributed by atoms with Crippen LogP contribution in [-0.2, 0) is 14.8 Å². The first-order valence-corrected chi connectivity index (χ1v) is 10.1. The Kier molecular flexibility index (Phi) is 5.96. The predicted octanol–water partition coefficient (Wildman–Crippen LogP) is 4.15. The minimum atomic E-state index is -3.70. The summed E-state index contributed by atoms with van der Waals surface area (Å²) >= 11 is 0. The van der Waals surface area contributed by atoms with Crippen LogP contribution < -0.4 is 9.62 Å². The summed E-state index contributed by atoms with van der Waals surface area (Å²) in [4.78, 5) is 12.1. The van der Waals surface area contributed by atoms with Crippen LogP contribution in [0.25, 0.3) is 6.08 Å². The molecule has 6 nitrogen and oxygen atoms in total. The number of para-hydroxylation sites is 1. The van der Waals surface area contributed by atoms with Crippen molar-refractivity contribution in [2.24, 2.45) is 0 Å². The molecule has 0 fully saturated rings. The monoisotopic (exact) mass is 396 g/mol. The zero-order valence-electron chi connectivity index (χ0n) is 15.3. The van der Waals surface area contributed by atoms with E-state index in [1.807, 2.05) is 6.07 Å². The summed E-state index contributed by atoms with van der Waals surface area (Å²) in [6.07, 6.45) is 4.41. The molecule has 0 atom stereocenters. The predicted molar refractivity (Wildman–Crippen MR) is 109 cm³/mol. The first-order valence-electron chi connectivity index (χ1n) is 8.71. The molecule has 0 saturated heterocycles. The van der Waals surface area contributed by atoms with E-state index in [1.54, 1.807) is 61.5 Å². The van der Waals surface area contributed by atoms with Gasteiger partial charge in [0.1, 0.15) is 5.76 Å². The maximum Gasteiger partial charge on any atom is 0.264 e. The van der Waals surface area contributed by atoms with Crippen molar-refractivity contribution in [2.45, 2.75) is 11.8 Å². The summed E-state index contributed by atoms with van der Waals surface area (Å²) in [7, 11) is -3.70. The third kappa shape index (κ3) is 4.50. The lowest BCUT2D eigenvalue weighted by atomic mass is 10.3. The Balaban J connectivity index is 1.73. The second-order valence-electron chi connectivity index (χ2n) is 5.87. The van der Waals surface area contributed by atoms with E-state index in [-0.39, 0.29) is 10.8 Å². The molecule has 0 saturated carbocycles. The van der Waals surface area contributed by atoms with E-state index in [2.05, 4.69) is 5.32 Å². The van der Waals surface area contributed by atoms with Crippen LogP contribution in [-0.4, -0.2) is 20.9 Å². The van der Waals surface area contributed by atoms with E-state index in [4.69, 9.17) is 4.42 Å². The van der Waals surface area contributed by atoms with Crippen LogP contribution in [0.3, 0.4) is 0 Å². The number of carbonyl (C=O) groups is 1. The number of benzene rings is 2. The quantitative estimate of drug-likeness (QED) is 0.609. The summed E-state index contributed by atoms with van der Waals surface area (Å²) in [5.74, 6) is 0.226. The molecule has 144 valence electrons. The van der Waals surface area contributed by atoms with E-state index in [1.165, 1.54) is 28.8 Å². The molecule has 28 heavy (non-hydrogen) atoms. The number of hydrogen-bond acceptors (Lipinski definition) is 4. The van der Waals surface area contributed by atoms with Gasteiger partial charge >= 0.3 is 0 Å². The molecular weight excluding hydrogens is 376 g/mol. The fraction of sp³-hybridized carbons (Fsp3) is 0.0952. The minimum absolute atomic E-state index is 0.155. The van der Waals surface area contributed by atoms with E-state index >= 15 is 0 Å². The molecule has 0 radical (unpaired) electrons. The van der Waals surface area contributed by atoms with Crippen molar-refractivity contribution < 1.29 is 17.6 Å². The molecule has 1 amide bonds. The third-order valence-electron chi connectivity index (χ3n) is 3.98. The van der Waals surface area contributed by atoms with Crippen LogP contribution in [0.2, 0.25) is 0 Å². The topological polar surface area (TPSA) is 79.6 Å².